The SMILES string of the molecule is CC(C)CC(=O)NC1(c2cccc3ccccc23)CC1. The summed E-state index contributed by atoms with van der Waals surface area (Å²) in [7, 11) is 0. The van der Waals surface area contributed by atoms with Crippen molar-refractivity contribution >= 4 is 16.7 Å². The maximum atomic E-state index is 12.1. The van der Waals surface area contributed by atoms with Crippen LogP contribution in [0.3, 0.4) is 0 Å². The van der Waals surface area contributed by atoms with Crippen LogP contribution in [0.4, 0.5) is 0 Å². The number of hydrogen-bond donors (Lipinski definition) is 1. The van der Waals surface area contributed by atoms with Crippen molar-refractivity contribution in [2.45, 2.75) is 38.6 Å². The molecule has 1 aliphatic carbocycles. The Morgan fingerprint density at radius 1 is 1.15 bits per heavy atom. The van der Waals surface area contributed by atoms with Crippen molar-refractivity contribution in [3.8, 4) is 0 Å². The van der Waals surface area contributed by atoms with Gasteiger partial charge in [-0.2, -0.15) is 0 Å². The summed E-state index contributed by atoms with van der Waals surface area (Å²) in [6, 6.07) is 14.8. The van der Waals surface area contributed by atoms with E-state index in [0.29, 0.717) is 12.3 Å². The molecule has 0 saturated heterocycles. The molecule has 2 aromatic rings. The van der Waals surface area contributed by atoms with Crippen LogP contribution in [0.15, 0.2) is 42.5 Å². The largest absolute Gasteiger partial charge is 0.347 e. The van der Waals surface area contributed by atoms with Gasteiger partial charge in [0.2, 0.25) is 5.91 Å². The summed E-state index contributed by atoms with van der Waals surface area (Å²) in [5, 5.41) is 5.77. The van der Waals surface area contributed by atoms with E-state index >= 15 is 0 Å². The monoisotopic (exact) mass is 267 g/mol. The maximum Gasteiger partial charge on any atom is 0.220 e. The van der Waals surface area contributed by atoms with E-state index in [-0.39, 0.29) is 11.4 Å². The third-order valence-electron chi connectivity index (χ3n) is 4.03. The average molecular weight is 267 g/mol. The zero-order chi connectivity index (χ0) is 14.2. The first kappa shape index (κ1) is 13.2. The second-order valence-electron chi connectivity index (χ2n) is 6.25. The molecule has 0 aliphatic heterocycles. The molecule has 0 unspecified atom stereocenters. The molecule has 2 aromatic carbocycles. The van der Waals surface area contributed by atoms with E-state index in [2.05, 4.69) is 61.6 Å². The molecular weight excluding hydrogens is 246 g/mol. The Labute approximate surface area is 120 Å². The van der Waals surface area contributed by atoms with Gasteiger partial charge in [0.1, 0.15) is 0 Å². The van der Waals surface area contributed by atoms with Crippen LogP contribution in [0.5, 0.6) is 0 Å². The van der Waals surface area contributed by atoms with Crippen LogP contribution in [0.2, 0.25) is 0 Å². The summed E-state index contributed by atoms with van der Waals surface area (Å²) in [5.41, 5.74) is 1.15. The molecule has 3 rings (SSSR count). The molecule has 1 saturated carbocycles. The number of amides is 1. The number of carbonyl (C=O) groups excluding carboxylic acids is 1. The van der Waals surface area contributed by atoms with Gasteiger partial charge in [0.05, 0.1) is 5.54 Å². The topological polar surface area (TPSA) is 29.1 Å². The molecular formula is C18H21NO. The highest BCUT2D eigenvalue weighted by Gasteiger charge is 2.46. The molecule has 1 amide bonds. The van der Waals surface area contributed by atoms with Crippen LogP contribution in [-0.2, 0) is 10.3 Å². The lowest BCUT2D eigenvalue weighted by Crippen LogP contribution is -2.35. The summed E-state index contributed by atoms with van der Waals surface area (Å²) in [5.74, 6) is 0.573. The van der Waals surface area contributed by atoms with Gasteiger partial charge in [-0.25, -0.2) is 0 Å². The average Bonchev–Trinajstić information content (AvgIpc) is 3.17. The van der Waals surface area contributed by atoms with Gasteiger partial charge in [0.15, 0.2) is 0 Å². The third kappa shape index (κ3) is 2.43. The van der Waals surface area contributed by atoms with Crippen molar-refractivity contribution in [2.75, 3.05) is 0 Å². The van der Waals surface area contributed by atoms with Crippen LogP contribution in [0.25, 0.3) is 10.8 Å². The van der Waals surface area contributed by atoms with Crippen molar-refractivity contribution < 1.29 is 4.79 Å². The lowest BCUT2D eigenvalue weighted by molar-refractivity contribution is -0.122. The molecule has 20 heavy (non-hydrogen) atoms. The first-order valence-electron chi connectivity index (χ1n) is 7.40. The van der Waals surface area contributed by atoms with E-state index in [1.807, 2.05) is 0 Å². The van der Waals surface area contributed by atoms with Gasteiger partial charge in [-0.1, -0.05) is 56.3 Å². The van der Waals surface area contributed by atoms with E-state index in [0.717, 1.165) is 12.8 Å². The Balaban J connectivity index is 1.92. The summed E-state index contributed by atoms with van der Waals surface area (Å²) < 4.78 is 0. The number of rotatable bonds is 4. The van der Waals surface area contributed by atoms with Gasteiger partial charge in [-0.05, 0) is 35.1 Å². The van der Waals surface area contributed by atoms with Crippen LogP contribution in [0, 0.1) is 5.92 Å². The first-order valence-corrected chi connectivity index (χ1v) is 7.40. The van der Waals surface area contributed by atoms with Gasteiger partial charge in [-0.3, -0.25) is 4.79 Å². The van der Waals surface area contributed by atoms with Crippen molar-refractivity contribution in [2.24, 2.45) is 5.92 Å². The lowest BCUT2D eigenvalue weighted by atomic mass is 9.96. The highest BCUT2D eigenvalue weighted by Crippen LogP contribution is 2.47. The molecule has 2 nitrogen and oxygen atoms in total. The van der Waals surface area contributed by atoms with Crippen LogP contribution in [0.1, 0.15) is 38.7 Å². The lowest BCUT2D eigenvalue weighted by Gasteiger charge is -2.20. The number of benzene rings is 2. The molecule has 1 aliphatic rings. The Hall–Kier alpha value is -1.83. The Morgan fingerprint density at radius 3 is 2.55 bits per heavy atom. The van der Waals surface area contributed by atoms with Crippen LogP contribution in [-0.4, -0.2) is 5.91 Å². The zero-order valence-electron chi connectivity index (χ0n) is 12.1. The molecule has 0 atom stereocenters. The number of carbonyl (C=O) groups is 1. The predicted molar refractivity (Wildman–Crippen MR) is 82.5 cm³/mol. The number of hydrogen-bond acceptors (Lipinski definition) is 1. The fourth-order valence-corrected chi connectivity index (χ4v) is 2.92. The summed E-state index contributed by atoms with van der Waals surface area (Å²) >= 11 is 0. The minimum atomic E-state index is -0.118. The summed E-state index contributed by atoms with van der Waals surface area (Å²) in [6.45, 7) is 4.16. The van der Waals surface area contributed by atoms with Gasteiger partial charge in [-0.15, -0.1) is 0 Å². The van der Waals surface area contributed by atoms with Crippen molar-refractivity contribution in [1.82, 2.24) is 5.32 Å². The van der Waals surface area contributed by atoms with Crippen LogP contribution >= 0.6 is 0 Å². The predicted octanol–water partition coefficient (Wildman–Crippen LogP) is 3.99. The van der Waals surface area contributed by atoms with Crippen molar-refractivity contribution in [3.63, 3.8) is 0 Å². The molecule has 0 heterocycles. The molecule has 0 spiro atoms. The molecule has 2 heteroatoms. The van der Waals surface area contributed by atoms with E-state index in [4.69, 9.17) is 0 Å². The highest BCUT2D eigenvalue weighted by molar-refractivity contribution is 5.88. The fraction of sp³-hybridized carbons (Fsp3) is 0.389. The Morgan fingerprint density at radius 2 is 1.85 bits per heavy atom. The minimum Gasteiger partial charge on any atom is -0.347 e. The molecule has 0 radical (unpaired) electrons. The minimum absolute atomic E-state index is 0.118. The first-order chi connectivity index (χ1) is 9.61. The van der Waals surface area contributed by atoms with Crippen molar-refractivity contribution in [1.29, 1.82) is 0 Å². The Bertz CT molecular complexity index is 635. The highest BCUT2D eigenvalue weighted by atomic mass is 16.1. The molecule has 104 valence electrons. The summed E-state index contributed by atoms with van der Waals surface area (Å²) in [4.78, 5) is 12.1. The summed E-state index contributed by atoms with van der Waals surface area (Å²) in [6.07, 6.45) is 2.70. The Kier molecular flexibility index (Phi) is 3.25. The number of nitrogens with one attached hydrogen (secondary N) is 1. The van der Waals surface area contributed by atoms with E-state index in [1.54, 1.807) is 0 Å². The quantitative estimate of drug-likeness (QED) is 0.891. The fourth-order valence-electron chi connectivity index (χ4n) is 2.92. The van der Waals surface area contributed by atoms with Gasteiger partial charge in [0.25, 0.3) is 0 Å². The van der Waals surface area contributed by atoms with Gasteiger partial charge < -0.3 is 5.32 Å². The molecule has 1 fully saturated rings. The third-order valence-corrected chi connectivity index (χ3v) is 4.03. The van der Waals surface area contributed by atoms with Gasteiger partial charge in [0, 0.05) is 6.42 Å². The van der Waals surface area contributed by atoms with Crippen molar-refractivity contribution in [3.05, 3.63) is 48.0 Å². The number of fused-ring (bicyclic) bond motifs is 1. The normalized spacial score (nSPS) is 16.4. The van der Waals surface area contributed by atoms with E-state index in [9.17, 15) is 4.79 Å². The molecule has 0 bridgehead atoms. The smallest absolute Gasteiger partial charge is 0.220 e. The van der Waals surface area contributed by atoms with Gasteiger partial charge >= 0.3 is 0 Å². The van der Waals surface area contributed by atoms with E-state index < -0.39 is 0 Å². The second-order valence-corrected chi connectivity index (χ2v) is 6.25. The maximum absolute atomic E-state index is 12.1. The van der Waals surface area contributed by atoms with Crippen LogP contribution < -0.4 is 5.32 Å². The zero-order valence-corrected chi connectivity index (χ0v) is 12.1. The molecule has 0 aromatic heterocycles. The van der Waals surface area contributed by atoms with E-state index in [1.165, 1.54) is 16.3 Å². The second kappa shape index (κ2) is 4.93. The molecule has 1 N–H and O–H groups in total. The standard InChI is InChI=1S/C18H21NO/c1-13(2)12-17(20)19-18(10-11-18)16-9-5-7-14-6-3-4-8-15(14)16/h3-9,13H,10-12H2,1-2H3,(H,19,20).